The van der Waals surface area contributed by atoms with Gasteiger partial charge in [0, 0.05) is 18.6 Å². The van der Waals surface area contributed by atoms with Crippen LogP contribution in [0.5, 0.6) is 0 Å². The number of ketones is 1. The maximum absolute atomic E-state index is 12.3. The first kappa shape index (κ1) is 12.5. The lowest BCUT2D eigenvalue weighted by atomic mass is 10.1. The van der Waals surface area contributed by atoms with Crippen LogP contribution in [0, 0.1) is 6.92 Å². The van der Waals surface area contributed by atoms with E-state index in [1.54, 1.807) is 6.20 Å². The fourth-order valence-electron chi connectivity index (χ4n) is 2.35. The highest BCUT2D eigenvalue weighted by molar-refractivity contribution is 5.98. The van der Waals surface area contributed by atoms with Gasteiger partial charge in [0.05, 0.1) is 17.6 Å². The molecule has 20 heavy (non-hydrogen) atoms. The van der Waals surface area contributed by atoms with Gasteiger partial charge in [-0.25, -0.2) is 0 Å². The van der Waals surface area contributed by atoms with Crippen molar-refractivity contribution in [3.63, 3.8) is 0 Å². The van der Waals surface area contributed by atoms with E-state index in [1.165, 1.54) is 0 Å². The van der Waals surface area contributed by atoms with Crippen molar-refractivity contribution >= 4 is 16.7 Å². The summed E-state index contributed by atoms with van der Waals surface area (Å²) in [5.74, 6) is -0.00227. The van der Waals surface area contributed by atoms with E-state index in [2.05, 4.69) is 10.1 Å². The van der Waals surface area contributed by atoms with Gasteiger partial charge in [0.2, 0.25) is 0 Å². The van der Waals surface area contributed by atoms with E-state index in [4.69, 9.17) is 0 Å². The maximum atomic E-state index is 12.3. The van der Waals surface area contributed by atoms with Crippen LogP contribution in [0.3, 0.4) is 0 Å². The van der Waals surface area contributed by atoms with Crippen molar-refractivity contribution in [2.24, 2.45) is 7.05 Å². The molecule has 2 heterocycles. The second-order valence-corrected chi connectivity index (χ2v) is 4.91. The fraction of sp³-hybridized carbons (Fsp3) is 0.188. The third kappa shape index (κ3) is 2.20. The van der Waals surface area contributed by atoms with Gasteiger partial charge in [-0.05, 0) is 30.7 Å². The number of fused-ring (bicyclic) bond motifs is 1. The van der Waals surface area contributed by atoms with Gasteiger partial charge >= 0.3 is 0 Å². The van der Waals surface area contributed by atoms with Crippen LogP contribution < -0.4 is 0 Å². The number of Topliss-reactive ketones (excluding diaryl/α,β-unsaturated/α-hetero) is 1. The number of benzene rings is 1. The quantitative estimate of drug-likeness (QED) is 0.684. The number of aryl methyl sites for hydroxylation is 2. The summed E-state index contributed by atoms with van der Waals surface area (Å²) in [6.45, 7) is 1.95. The Hall–Kier alpha value is -2.49. The van der Waals surface area contributed by atoms with Crippen LogP contribution in [0.2, 0.25) is 0 Å². The maximum Gasteiger partial charge on any atom is 0.187 e. The van der Waals surface area contributed by atoms with Gasteiger partial charge in [-0.3, -0.25) is 14.5 Å². The van der Waals surface area contributed by atoms with Crippen molar-refractivity contribution in [3.8, 4) is 0 Å². The number of hydrogen-bond acceptors (Lipinski definition) is 3. The molecule has 0 atom stereocenters. The summed E-state index contributed by atoms with van der Waals surface area (Å²) >= 11 is 0. The first-order valence-corrected chi connectivity index (χ1v) is 6.51. The highest BCUT2D eigenvalue weighted by Gasteiger charge is 2.14. The summed E-state index contributed by atoms with van der Waals surface area (Å²) in [7, 11) is 1.89. The largest absolute Gasteiger partial charge is 0.292 e. The van der Waals surface area contributed by atoms with E-state index in [0.717, 1.165) is 22.2 Å². The van der Waals surface area contributed by atoms with E-state index in [9.17, 15) is 4.79 Å². The Bertz CT molecular complexity index is 789. The number of para-hydroxylation sites is 1. The van der Waals surface area contributed by atoms with Crippen molar-refractivity contribution in [2.75, 3.05) is 0 Å². The lowest BCUT2D eigenvalue weighted by Crippen LogP contribution is -2.07. The van der Waals surface area contributed by atoms with E-state index < -0.39 is 0 Å². The van der Waals surface area contributed by atoms with Crippen molar-refractivity contribution in [1.82, 2.24) is 14.8 Å². The van der Waals surface area contributed by atoms with Crippen LogP contribution in [0.4, 0.5) is 0 Å². The molecule has 0 radical (unpaired) electrons. The lowest BCUT2D eigenvalue weighted by Gasteiger charge is -2.00. The van der Waals surface area contributed by atoms with Crippen molar-refractivity contribution in [3.05, 3.63) is 59.5 Å². The SMILES string of the molecule is Cc1ccnc(C(=O)Cc2nn(C)c3ccccc23)c1. The van der Waals surface area contributed by atoms with Crippen LogP contribution in [0.25, 0.3) is 10.9 Å². The van der Waals surface area contributed by atoms with Crippen LogP contribution in [0.15, 0.2) is 42.6 Å². The number of nitrogens with zero attached hydrogens (tertiary/aromatic N) is 3. The second-order valence-electron chi connectivity index (χ2n) is 4.91. The zero-order valence-electron chi connectivity index (χ0n) is 11.5. The first-order valence-electron chi connectivity index (χ1n) is 6.51. The predicted octanol–water partition coefficient (Wildman–Crippen LogP) is 2.70. The van der Waals surface area contributed by atoms with Gasteiger partial charge in [0.25, 0.3) is 0 Å². The Balaban J connectivity index is 1.95. The van der Waals surface area contributed by atoms with Gasteiger partial charge in [-0.15, -0.1) is 0 Å². The zero-order valence-corrected chi connectivity index (χ0v) is 11.5. The minimum atomic E-state index is -0.00227. The molecular weight excluding hydrogens is 250 g/mol. The van der Waals surface area contributed by atoms with Gasteiger partial charge in [-0.1, -0.05) is 18.2 Å². The third-order valence-corrected chi connectivity index (χ3v) is 3.36. The highest BCUT2D eigenvalue weighted by atomic mass is 16.1. The summed E-state index contributed by atoms with van der Waals surface area (Å²) in [6, 6.07) is 11.6. The number of pyridine rings is 1. The number of hydrogen-bond donors (Lipinski definition) is 0. The predicted molar refractivity (Wildman–Crippen MR) is 77.7 cm³/mol. The molecule has 0 aliphatic heterocycles. The van der Waals surface area contributed by atoms with Gasteiger partial charge in [-0.2, -0.15) is 5.10 Å². The molecule has 4 heteroatoms. The molecule has 100 valence electrons. The van der Waals surface area contributed by atoms with Crippen LogP contribution >= 0.6 is 0 Å². The summed E-state index contributed by atoms with van der Waals surface area (Å²) in [5.41, 5.74) is 3.37. The van der Waals surface area contributed by atoms with E-state index >= 15 is 0 Å². The summed E-state index contributed by atoms with van der Waals surface area (Å²) in [5, 5.41) is 5.47. The molecule has 2 aromatic heterocycles. The molecule has 0 saturated heterocycles. The minimum absolute atomic E-state index is 0.00227. The average Bonchev–Trinajstić information content (AvgIpc) is 2.76. The van der Waals surface area contributed by atoms with E-state index in [-0.39, 0.29) is 12.2 Å². The number of carbonyl (C=O) groups is 1. The normalized spacial score (nSPS) is 10.9. The number of rotatable bonds is 3. The summed E-state index contributed by atoms with van der Waals surface area (Å²) < 4.78 is 1.81. The Morgan fingerprint density at radius 2 is 2.05 bits per heavy atom. The topological polar surface area (TPSA) is 47.8 Å². The van der Waals surface area contributed by atoms with Crippen molar-refractivity contribution < 1.29 is 4.79 Å². The molecule has 0 unspecified atom stereocenters. The molecule has 0 saturated carbocycles. The molecule has 0 fully saturated rings. The number of aromatic nitrogens is 3. The molecule has 0 aliphatic rings. The molecular formula is C16H15N3O. The first-order chi connectivity index (χ1) is 9.65. The lowest BCUT2D eigenvalue weighted by molar-refractivity contribution is 0.0987. The summed E-state index contributed by atoms with van der Waals surface area (Å²) in [6.07, 6.45) is 1.94. The smallest absolute Gasteiger partial charge is 0.187 e. The molecule has 0 bridgehead atoms. The Morgan fingerprint density at radius 3 is 2.85 bits per heavy atom. The van der Waals surface area contributed by atoms with Crippen molar-refractivity contribution in [1.29, 1.82) is 0 Å². The molecule has 0 spiro atoms. The third-order valence-electron chi connectivity index (χ3n) is 3.36. The average molecular weight is 265 g/mol. The molecule has 0 amide bonds. The van der Waals surface area contributed by atoms with Crippen molar-refractivity contribution in [2.45, 2.75) is 13.3 Å². The monoisotopic (exact) mass is 265 g/mol. The van der Waals surface area contributed by atoms with Crippen LogP contribution in [-0.2, 0) is 13.5 Å². The Morgan fingerprint density at radius 1 is 1.25 bits per heavy atom. The molecule has 3 rings (SSSR count). The van der Waals surface area contributed by atoms with Gasteiger partial charge < -0.3 is 0 Å². The molecule has 0 aliphatic carbocycles. The molecule has 1 aromatic carbocycles. The zero-order chi connectivity index (χ0) is 14.1. The van der Waals surface area contributed by atoms with E-state index in [1.807, 2.05) is 55.1 Å². The molecule has 3 aromatic rings. The highest BCUT2D eigenvalue weighted by Crippen LogP contribution is 2.18. The Kier molecular flexibility index (Phi) is 3.06. The van der Waals surface area contributed by atoms with Crippen LogP contribution in [0.1, 0.15) is 21.7 Å². The number of carbonyl (C=O) groups excluding carboxylic acids is 1. The Labute approximate surface area is 117 Å². The summed E-state index contributed by atoms with van der Waals surface area (Å²) in [4.78, 5) is 16.4. The standard InChI is InChI=1S/C16H15N3O/c1-11-7-8-17-14(9-11)16(20)10-13-12-5-3-4-6-15(12)19(2)18-13/h3-9H,10H2,1-2H3. The fourth-order valence-corrected chi connectivity index (χ4v) is 2.35. The molecule has 4 nitrogen and oxygen atoms in total. The van der Waals surface area contributed by atoms with Gasteiger partial charge in [0.15, 0.2) is 5.78 Å². The minimum Gasteiger partial charge on any atom is -0.292 e. The molecule has 0 N–H and O–H groups in total. The second kappa shape index (κ2) is 4.89. The van der Waals surface area contributed by atoms with E-state index in [0.29, 0.717) is 5.69 Å². The van der Waals surface area contributed by atoms with Crippen LogP contribution in [-0.4, -0.2) is 20.5 Å². The van der Waals surface area contributed by atoms with Gasteiger partial charge in [0.1, 0.15) is 5.69 Å².